The second kappa shape index (κ2) is 5.99. The van der Waals surface area contributed by atoms with Gasteiger partial charge in [-0.05, 0) is 25.7 Å². The van der Waals surface area contributed by atoms with Crippen LogP contribution in [0.2, 0.25) is 0 Å². The van der Waals surface area contributed by atoms with Crippen molar-refractivity contribution in [3.8, 4) is 0 Å². The lowest BCUT2D eigenvalue weighted by Gasteiger charge is -2.32. The van der Waals surface area contributed by atoms with E-state index in [0.29, 0.717) is 12.2 Å². The van der Waals surface area contributed by atoms with E-state index in [4.69, 9.17) is 9.47 Å². The van der Waals surface area contributed by atoms with Crippen LogP contribution in [-0.4, -0.2) is 38.0 Å². The topological polar surface area (TPSA) is 30.5 Å². The van der Waals surface area contributed by atoms with E-state index in [0.717, 1.165) is 25.6 Å². The standard InChI is InChI=1S/C13H25NO2/c1-10-4-3-5-12(6-10)15-9-13-8-14-7-11(2)16-13/h10-14H,3-9H2,1-2H3. The van der Waals surface area contributed by atoms with Gasteiger partial charge in [-0.1, -0.05) is 19.8 Å². The van der Waals surface area contributed by atoms with E-state index in [1.807, 2.05) is 0 Å². The molecule has 0 radical (unpaired) electrons. The molecule has 1 saturated heterocycles. The summed E-state index contributed by atoms with van der Waals surface area (Å²) in [6.07, 6.45) is 6.22. The smallest absolute Gasteiger partial charge is 0.0936 e. The van der Waals surface area contributed by atoms with Crippen molar-refractivity contribution in [1.82, 2.24) is 5.32 Å². The molecule has 4 atom stereocenters. The number of hydrogen-bond donors (Lipinski definition) is 1. The summed E-state index contributed by atoms with van der Waals surface area (Å²) < 4.78 is 11.8. The Labute approximate surface area is 98.9 Å². The van der Waals surface area contributed by atoms with Crippen molar-refractivity contribution in [2.75, 3.05) is 19.7 Å². The van der Waals surface area contributed by atoms with Gasteiger partial charge in [0, 0.05) is 13.1 Å². The Kier molecular flexibility index (Phi) is 4.62. The highest BCUT2D eigenvalue weighted by Gasteiger charge is 2.23. The molecule has 1 N–H and O–H groups in total. The van der Waals surface area contributed by atoms with Crippen molar-refractivity contribution < 1.29 is 9.47 Å². The van der Waals surface area contributed by atoms with Crippen LogP contribution < -0.4 is 5.32 Å². The van der Waals surface area contributed by atoms with Crippen LogP contribution in [0.15, 0.2) is 0 Å². The highest BCUT2D eigenvalue weighted by atomic mass is 16.5. The van der Waals surface area contributed by atoms with Gasteiger partial charge in [0.15, 0.2) is 0 Å². The molecule has 94 valence electrons. The Morgan fingerprint density at radius 2 is 2.12 bits per heavy atom. The largest absolute Gasteiger partial charge is 0.375 e. The molecule has 0 aromatic carbocycles. The lowest BCUT2D eigenvalue weighted by atomic mass is 9.89. The van der Waals surface area contributed by atoms with E-state index in [-0.39, 0.29) is 6.10 Å². The lowest BCUT2D eigenvalue weighted by Crippen LogP contribution is -2.46. The molecule has 0 bridgehead atoms. The maximum atomic E-state index is 5.98. The SMILES string of the molecule is CC1CCCC(OCC2CNCC(C)O2)C1. The predicted octanol–water partition coefficient (Wildman–Crippen LogP) is 1.96. The Balaban J connectivity index is 1.66. The second-order valence-corrected chi connectivity index (χ2v) is 5.45. The van der Waals surface area contributed by atoms with Crippen LogP contribution in [0.3, 0.4) is 0 Å². The van der Waals surface area contributed by atoms with Crippen molar-refractivity contribution >= 4 is 0 Å². The molecule has 16 heavy (non-hydrogen) atoms. The van der Waals surface area contributed by atoms with Crippen LogP contribution in [0.4, 0.5) is 0 Å². The van der Waals surface area contributed by atoms with Crippen LogP contribution in [0.1, 0.15) is 39.5 Å². The highest BCUT2D eigenvalue weighted by Crippen LogP contribution is 2.25. The molecule has 0 aromatic rings. The van der Waals surface area contributed by atoms with Crippen LogP contribution >= 0.6 is 0 Å². The minimum atomic E-state index is 0.251. The molecule has 1 heterocycles. The third kappa shape index (κ3) is 3.72. The van der Waals surface area contributed by atoms with E-state index >= 15 is 0 Å². The molecule has 1 aliphatic carbocycles. The summed E-state index contributed by atoms with van der Waals surface area (Å²) in [7, 11) is 0. The Bertz CT molecular complexity index is 188. The normalized spacial score (nSPS) is 40.9. The summed E-state index contributed by atoms with van der Waals surface area (Å²) in [5, 5.41) is 3.38. The Morgan fingerprint density at radius 1 is 1.25 bits per heavy atom. The molecule has 0 spiro atoms. The summed E-state index contributed by atoms with van der Waals surface area (Å²) in [6, 6.07) is 0. The summed E-state index contributed by atoms with van der Waals surface area (Å²) in [5.41, 5.74) is 0. The predicted molar refractivity (Wildman–Crippen MR) is 64.6 cm³/mol. The molecule has 1 aliphatic heterocycles. The van der Waals surface area contributed by atoms with Gasteiger partial charge < -0.3 is 14.8 Å². The number of rotatable bonds is 3. The first-order valence-corrected chi connectivity index (χ1v) is 6.72. The average molecular weight is 227 g/mol. The van der Waals surface area contributed by atoms with E-state index in [1.165, 1.54) is 25.7 Å². The Hall–Kier alpha value is -0.120. The molecule has 1 saturated carbocycles. The van der Waals surface area contributed by atoms with Gasteiger partial charge >= 0.3 is 0 Å². The average Bonchev–Trinajstić information content (AvgIpc) is 2.27. The number of hydrogen-bond acceptors (Lipinski definition) is 3. The van der Waals surface area contributed by atoms with Crippen LogP contribution in [0.25, 0.3) is 0 Å². The molecule has 3 nitrogen and oxygen atoms in total. The van der Waals surface area contributed by atoms with Crippen molar-refractivity contribution in [2.45, 2.75) is 57.8 Å². The van der Waals surface area contributed by atoms with E-state index in [9.17, 15) is 0 Å². The summed E-state index contributed by atoms with van der Waals surface area (Å²) >= 11 is 0. The van der Waals surface area contributed by atoms with E-state index in [2.05, 4.69) is 19.2 Å². The minimum Gasteiger partial charge on any atom is -0.375 e. The van der Waals surface area contributed by atoms with Gasteiger partial charge in [0.1, 0.15) is 0 Å². The molecule has 3 heteroatoms. The van der Waals surface area contributed by atoms with Gasteiger partial charge in [-0.3, -0.25) is 0 Å². The molecular weight excluding hydrogens is 202 g/mol. The maximum Gasteiger partial charge on any atom is 0.0936 e. The van der Waals surface area contributed by atoms with Gasteiger partial charge in [-0.25, -0.2) is 0 Å². The van der Waals surface area contributed by atoms with Crippen LogP contribution in [-0.2, 0) is 9.47 Å². The number of nitrogens with one attached hydrogen (secondary N) is 1. The first-order valence-electron chi connectivity index (χ1n) is 6.72. The molecule has 2 rings (SSSR count). The van der Waals surface area contributed by atoms with Gasteiger partial charge in [0.05, 0.1) is 24.9 Å². The van der Waals surface area contributed by atoms with Gasteiger partial charge in [-0.2, -0.15) is 0 Å². The maximum absolute atomic E-state index is 5.98. The quantitative estimate of drug-likeness (QED) is 0.799. The monoisotopic (exact) mass is 227 g/mol. The van der Waals surface area contributed by atoms with Gasteiger partial charge in [0.25, 0.3) is 0 Å². The molecule has 4 unspecified atom stereocenters. The summed E-state index contributed by atoms with van der Waals surface area (Å²) in [4.78, 5) is 0. The minimum absolute atomic E-state index is 0.251. The number of morpholine rings is 1. The number of ether oxygens (including phenoxy) is 2. The van der Waals surface area contributed by atoms with E-state index in [1.54, 1.807) is 0 Å². The van der Waals surface area contributed by atoms with Gasteiger partial charge in [-0.15, -0.1) is 0 Å². The van der Waals surface area contributed by atoms with Gasteiger partial charge in [0.2, 0.25) is 0 Å². The zero-order valence-corrected chi connectivity index (χ0v) is 10.6. The first-order chi connectivity index (χ1) is 7.74. The first kappa shape index (κ1) is 12.3. The lowest BCUT2D eigenvalue weighted by molar-refractivity contribution is -0.0924. The third-order valence-corrected chi connectivity index (χ3v) is 3.63. The van der Waals surface area contributed by atoms with E-state index < -0.39 is 0 Å². The zero-order valence-electron chi connectivity index (χ0n) is 10.6. The highest BCUT2D eigenvalue weighted by molar-refractivity contribution is 4.74. The third-order valence-electron chi connectivity index (χ3n) is 3.63. The molecule has 2 fully saturated rings. The summed E-state index contributed by atoms with van der Waals surface area (Å²) in [5.74, 6) is 0.836. The molecule has 0 amide bonds. The fourth-order valence-electron chi connectivity index (χ4n) is 2.74. The fourth-order valence-corrected chi connectivity index (χ4v) is 2.74. The second-order valence-electron chi connectivity index (χ2n) is 5.45. The fraction of sp³-hybridized carbons (Fsp3) is 1.00. The molecular formula is C13H25NO2. The molecule has 2 aliphatic rings. The zero-order chi connectivity index (χ0) is 11.4. The van der Waals surface area contributed by atoms with Crippen molar-refractivity contribution in [1.29, 1.82) is 0 Å². The van der Waals surface area contributed by atoms with Crippen molar-refractivity contribution in [3.05, 3.63) is 0 Å². The van der Waals surface area contributed by atoms with Crippen molar-refractivity contribution in [3.63, 3.8) is 0 Å². The van der Waals surface area contributed by atoms with Crippen LogP contribution in [0, 0.1) is 5.92 Å². The Morgan fingerprint density at radius 3 is 2.88 bits per heavy atom. The van der Waals surface area contributed by atoms with Crippen LogP contribution in [0.5, 0.6) is 0 Å². The summed E-state index contributed by atoms with van der Waals surface area (Å²) in [6.45, 7) is 7.11. The van der Waals surface area contributed by atoms with Crippen molar-refractivity contribution in [2.24, 2.45) is 5.92 Å². The molecule has 0 aromatic heterocycles.